The van der Waals surface area contributed by atoms with E-state index in [0.29, 0.717) is 18.0 Å². The van der Waals surface area contributed by atoms with Crippen molar-refractivity contribution < 1.29 is 14.5 Å². The number of amides is 2. The molecule has 0 unspecified atom stereocenters. The minimum Gasteiger partial charge on any atom is -0.324 e. The summed E-state index contributed by atoms with van der Waals surface area (Å²) < 4.78 is 0. The van der Waals surface area contributed by atoms with Gasteiger partial charge in [0.1, 0.15) is 0 Å². The zero-order chi connectivity index (χ0) is 19.5. The Balaban J connectivity index is 1.37. The molecule has 0 bridgehead atoms. The molecule has 2 aromatic carbocycles. The first-order chi connectivity index (χ1) is 13.7. The van der Waals surface area contributed by atoms with Crippen molar-refractivity contribution in [2.75, 3.05) is 18.0 Å². The number of piperidine rings is 1. The van der Waals surface area contributed by atoms with E-state index in [2.05, 4.69) is 37.3 Å². The van der Waals surface area contributed by atoms with Gasteiger partial charge in [-0.2, -0.15) is 0 Å². The molecule has 2 aliphatic rings. The molecule has 4 heteroatoms. The summed E-state index contributed by atoms with van der Waals surface area (Å²) in [4.78, 5) is 28.3. The fourth-order valence-electron chi connectivity index (χ4n) is 4.65. The molecule has 1 N–H and O–H groups in total. The van der Waals surface area contributed by atoms with Crippen molar-refractivity contribution in [3.63, 3.8) is 0 Å². The van der Waals surface area contributed by atoms with Gasteiger partial charge in [-0.25, -0.2) is 4.90 Å². The predicted molar refractivity (Wildman–Crippen MR) is 110 cm³/mol. The molecular weight excluding hydrogens is 348 g/mol. The third kappa shape index (κ3) is 3.88. The largest absolute Gasteiger partial charge is 0.324 e. The van der Waals surface area contributed by atoms with E-state index in [1.165, 1.54) is 20.9 Å². The summed E-state index contributed by atoms with van der Waals surface area (Å²) in [7, 11) is 0. The molecule has 2 aromatic rings. The van der Waals surface area contributed by atoms with E-state index in [9.17, 15) is 9.59 Å². The molecule has 0 saturated carbocycles. The molecule has 0 aromatic heterocycles. The van der Waals surface area contributed by atoms with Crippen LogP contribution in [-0.4, -0.2) is 30.9 Å². The van der Waals surface area contributed by atoms with Gasteiger partial charge in [0.25, 0.3) is 5.91 Å². The lowest BCUT2D eigenvalue weighted by molar-refractivity contribution is -0.920. The van der Waals surface area contributed by atoms with Gasteiger partial charge in [0.2, 0.25) is 5.91 Å². The topological polar surface area (TPSA) is 41.8 Å². The number of benzene rings is 2. The number of likely N-dealkylation sites (tertiary alicyclic amines) is 1. The van der Waals surface area contributed by atoms with Crippen LogP contribution in [0.5, 0.6) is 0 Å². The van der Waals surface area contributed by atoms with E-state index in [1.807, 2.05) is 24.3 Å². The standard InChI is InChI=1S/C24H28N2O2/c1-2-18-8-10-21(11-9-18)26-23(27)17-22(24(26)28)25-14-12-20(13-15-25)16-19-6-4-3-5-7-19/h3-11,20,22H,2,12-17H2,1H3/p+1/t22-/m0/s1. The van der Waals surface area contributed by atoms with Crippen molar-refractivity contribution in [2.45, 2.75) is 45.1 Å². The molecule has 28 heavy (non-hydrogen) atoms. The minimum atomic E-state index is -0.212. The molecular formula is C24H29N2O2+. The Bertz CT molecular complexity index is 823. The van der Waals surface area contributed by atoms with Crippen LogP contribution in [0.2, 0.25) is 0 Å². The van der Waals surface area contributed by atoms with Gasteiger partial charge in [-0.05, 0) is 54.9 Å². The fourth-order valence-corrected chi connectivity index (χ4v) is 4.65. The number of nitrogens with zero attached hydrogens (tertiary/aromatic N) is 1. The SMILES string of the molecule is CCc1ccc(N2C(=O)C[C@H]([NH+]3CCC(Cc4ccccc4)CC3)C2=O)cc1. The van der Waals surface area contributed by atoms with Crippen LogP contribution in [0.15, 0.2) is 54.6 Å². The van der Waals surface area contributed by atoms with Crippen LogP contribution in [0.3, 0.4) is 0 Å². The molecule has 4 rings (SSSR count). The van der Waals surface area contributed by atoms with Crippen LogP contribution in [0.25, 0.3) is 0 Å². The first kappa shape index (κ1) is 18.9. The number of carbonyl (C=O) groups excluding carboxylic acids is 2. The lowest BCUT2D eigenvalue weighted by Gasteiger charge is -2.32. The molecule has 2 heterocycles. The summed E-state index contributed by atoms with van der Waals surface area (Å²) in [6.07, 6.45) is 4.64. The maximum Gasteiger partial charge on any atom is 0.292 e. The van der Waals surface area contributed by atoms with Crippen molar-refractivity contribution in [1.29, 1.82) is 0 Å². The average Bonchev–Trinajstić information content (AvgIpc) is 3.03. The van der Waals surface area contributed by atoms with E-state index in [0.717, 1.165) is 38.8 Å². The molecule has 4 nitrogen and oxygen atoms in total. The van der Waals surface area contributed by atoms with Gasteiger partial charge >= 0.3 is 0 Å². The third-order valence-electron chi connectivity index (χ3n) is 6.36. The Hall–Kier alpha value is -2.46. The Morgan fingerprint density at radius 2 is 1.61 bits per heavy atom. The number of imide groups is 1. The van der Waals surface area contributed by atoms with E-state index < -0.39 is 0 Å². The van der Waals surface area contributed by atoms with Crippen LogP contribution >= 0.6 is 0 Å². The monoisotopic (exact) mass is 377 g/mol. The lowest BCUT2D eigenvalue weighted by atomic mass is 9.89. The normalized spacial score (nSPS) is 25.3. The lowest BCUT2D eigenvalue weighted by Crippen LogP contribution is -3.17. The summed E-state index contributed by atoms with van der Waals surface area (Å²) in [6, 6.07) is 18.2. The van der Waals surface area contributed by atoms with Crippen molar-refractivity contribution >= 4 is 17.5 Å². The first-order valence-electron chi connectivity index (χ1n) is 10.5. The second-order valence-electron chi connectivity index (χ2n) is 8.14. The van der Waals surface area contributed by atoms with Crippen molar-refractivity contribution in [3.05, 3.63) is 65.7 Å². The number of nitrogens with one attached hydrogen (secondary N) is 1. The van der Waals surface area contributed by atoms with Crippen LogP contribution in [0, 0.1) is 5.92 Å². The van der Waals surface area contributed by atoms with E-state index in [1.54, 1.807) is 0 Å². The molecule has 2 aliphatic heterocycles. The number of carbonyl (C=O) groups is 2. The van der Waals surface area contributed by atoms with E-state index >= 15 is 0 Å². The molecule has 2 fully saturated rings. The number of quaternary nitrogens is 1. The molecule has 1 atom stereocenters. The van der Waals surface area contributed by atoms with Crippen molar-refractivity contribution in [3.8, 4) is 0 Å². The highest BCUT2D eigenvalue weighted by atomic mass is 16.2. The van der Waals surface area contributed by atoms with Gasteiger partial charge in [-0.1, -0.05) is 49.4 Å². The zero-order valence-electron chi connectivity index (χ0n) is 16.6. The molecule has 2 amide bonds. The molecule has 0 spiro atoms. The van der Waals surface area contributed by atoms with Gasteiger partial charge in [0, 0.05) is 0 Å². The Morgan fingerprint density at radius 3 is 2.25 bits per heavy atom. The fraction of sp³-hybridized carbons (Fsp3) is 0.417. The third-order valence-corrected chi connectivity index (χ3v) is 6.36. The molecule has 146 valence electrons. The molecule has 0 aliphatic carbocycles. The number of rotatable bonds is 5. The number of aryl methyl sites for hydroxylation is 1. The molecule has 0 radical (unpaired) electrons. The summed E-state index contributed by atoms with van der Waals surface area (Å²) in [5.74, 6) is 0.597. The smallest absolute Gasteiger partial charge is 0.292 e. The maximum absolute atomic E-state index is 13.0. The number of hydrogen-bond acceptors (Lipinski definition) is 2. The number of anilines is 1. The zero-order valence-corrected chi connectivity index (χ0v) is 16.6. The minimum absolute atomic E-state index is 0.0224. The number of hydrogen-bond donors (Lipinski definition) is 1. The van der Waals surface area contributed by atoms with Gasteiger partial charge in [0.15, 0.2) is 6.04 Å². The second kappa shape index (κ2) is 8.27. The van der Waals surface area contributed by atoms with Crippen LogP contribution in [0.4, 0.5) is 5.69 Å². The Morgan fingerprint density at radius 1 is 0.929 bits per heavy atom. The van der Waals surface area contributed by atoms with Gasteiger partial charge < -0.3 is 4.90 Å². The van der Waals surface area contributed by atoms with Crippen molar-refractivity contribution in [2.24, 2.45) is 5.92 Å². The van der Waals surface area contributed by atoms with E-state index in [-0.39, 0.29) is 17.9 Å². The average molecular weight is 378 g/mol. The highest BCUT2D eigenvalue weighted by Crippen LogP contribution is 2.24. The van der Waals surface area contributed by atoms with Crippen LogP contribution < -0.4 is 9.80 Å². The quantitative estimate of drug-likeness (QED) is 0.813. The predicted octanol–water partition coefficient (Wildman–Crippen LogP) is 2.42. The van der Waals surface area contributed by atoms with Crippen LogP contribution in [0.1, 0.15) is 37.3 Å². The second-order valence-corrected chi connectivity index (χ2v) is 8.14. The first-order valence-corrected chi connectivity index (χ1v) is 10.5. The Labute approximate surface area is 167 Å². The molecule has 2 saturated heterocycles. The van der Waals surface area contributed by atoms with Crippen LogP contribution in [-0.2, 0) is 22.4 Å². The van der Waals surface area contributed by atoms with Gasteiger partial charge in [0.05, 0.1) is 25.2 Å². The maximum atomic E-state index is 13.0. The highest BCUT2D eigenvalue weighted by Gasteiger charge is 2.46. The summed E-state index contributed by atoms with van der Waals surface area (Å²) >= 11 is 0. The Kier molecular flexibility index (Phi) is 5.58. The summed E-state index contributed by atoms with van der Waals surface area (Å²) in [6.45, 7) is 4.05. The highest BCUT2D eigenvalue weighted by molar-refractivity contribution is 6.21. The van der Waals surface area contributed by atoms with Gasteiger partial charge in [-0.15, -0.1) is 0 Å². The van der Waals surface area contributed by atoms with Crippen molar-refractivity contribution in [1.82, 2.24) is 0 Å². The van der Waals surface area contributed by atoms with E-state index in [4.69, 9.17) is 0 Å². The summed E-state index contributed by atoms with van der Waals surface area (Å²) in [5, 5.41) is 0. The summed E-state index contributed by atoms with van der Waals surface area (Å²) in [5.41, 5.74) is 3.32. The van der Waals surface area contributed by atoms with Gasteiger partial charge in [-0.3, -0.25) is 9.59 Å².